The normalized spacial score (nSPS) is 11.2. The van der Waals surface area contributed by atoms with Gasteiger partial charge in [0.05, 0.1) is 16.7 Å². The molecule has 0 fully saturated rings. The Kier molecular flexibility index (Phi) is 5.06. The van der Waals surface area contributed by atoms with Crippen molar-refractivity contribution in [2.24, 2.45) is 5.73 Å². The summed E-state index contributed by atoms with van der Waals surface area (Å²) < 4.78 is 3.55. The van der Waals surface area contributed by atoms with Gasteiger partial charge in [-0.15, -0.1) is 0 Å². The third-order valence-electron chi connectivity index (χ3n) is 5.50. The number of amides is 2. The maximum atomic E-state index is 13.2. The van der Waals surface area contributed by atoms with Gasteiger partial charge in [-0.05, 0) is 25.1 Å². The number of rotatable bonds is 6. The van der Waals surface area contributed by atoms with E-state index in [1.54, 1.807) is 6.07 Å². The zero-order valence-electron chi connectivity index (χ0n) is 17.9. The molecule has 0 aliphatic rings. The Balaban J connectivity index is 1.46. The molecule has 2 aromatic carbocycles. The van der Waals surface area contributed by atoms with Crippen LogP contribution in [0.5, 0.6) is 0 Å². The fourth-order valence-electron chi connectivity index (χ4n) is 3.93. The molecule has 0 spiro atoms. The predicted octanol–water partition coefficient (Wildman–Crippen LogP) is 2.58. The minimum atomic E-state index is -0.705. The molecule has 5 rings (SSSR count). The van der Waals surface area contributed by atoms with Crippen LogP contribution in [-0.2, 0) is 6.54 Å². The summed E-state index contributed by atoms with van der Waals surface area (Å²) >= 11 is 0. The van der Waals surface area contributed by atoms with Crippen LogP contribution in [0.25, 0.3) is 27.9 Å². The second kappa shape index (κ2) is 8.19. The second-order valence-electron chi connectivity index (χ2n) is 7.60. The molecule has 33 heavy (non-hydrogen) atoms. The molecule has 0 atom stereocenters. The number of para-hydroxylation sites is 2. The lowest BCUT2D eigenvalue weighted by atomic mass is 10.1. The van der Waals surface area contributed by atoms with Crippen molar-refractivity contribution in [1.29, 1.82) is 0 Å². The van der Waals surface area contributed by atoms with Gasteiger partial charge in [0.1, 0.15) is 17.8 Å². The monoisotopic (exact) mass is 439 g/mol. The summed E-state index contributed by atoms with van der Waals surface area (Å²) in [6, 6.07) is 19.0. The van der Waals surface area contributed by atoms with Gasteiger partial charge in [-0.2, -0.15) is 0 Å². The first kappa shape index (κ1) is 20.4. The highest BCUT2D eigenvalue weighted by Gasteiger charge is 2.19. The highest BCUT2D eigenvalue weighted by atomic mass is 16.2. The van der Waals surface area contributed by atoms with E-state index in [4.69, 9.17) is 5.73 Å². The summed E-state index contributed by atoms with van der Waals surface area (Å²) in [5.74, 6) is -0.136. The molecular formula is C24H21N7O2. The zero-order chi connectivity index (χ0) is 22.9. The van der Waals surface area contributed by atoms with E-state index in [0.29, 0.717) is 24.5 Å². The number of hydrogen-bond acceptors (Lipinski definition) is 5. The summed E-state index contributed by atoms with van der Waals surface area (Å²) in [5.41, 5.74) is 9.33. The fraction of sp³-hybridized carbons (Fsp3) is 0.125. The van der Waals surface area contributed by atoms with Crippen LogP contribution in [0, 0.1) is 6.92 Å². The Bertz CT molecular complexity index is 1500. The molecule has 3 aromatic heterocycles. The van der Waals surface area contributed by atoms with Crippen LogP contribution < -0.4 is 11.1 Å². The molecule has 164 valence electrons. The van der Waals surface area contributed by atoms with E-state index in [9.17, 15) is 9.59 Å². The predicted molar refractivity (Wildman–Crippen MR) is 124 cm³/mol. The van der Waals surface area contributed by atoms with Gasteiger partial charge >= 0.3 is 0 Å². The number of hydrogen-bond donors (Lipinski definition) is 2. The van der Waals surface area contributed by atoms with Crippen LogP contribution in [0.15, 0.2) is 67.0 Å². The van der Waals surface area contributed by atoms with Gasteiger partial charge in [0.25, 0.3) is 11.8 Å². The quantitative estimate of drug-likeness (QED) is 0.421. The molecule has 9 nitrogen and oxygen atoms in total. The number of aryl methyl sites for hydroxylation is 1. The van der Waals surface area contributed by atoms with E-state index in [1.807, 2.05) is 61.5 Å². The molecular weight excluding hydrogens is 418 g/mol. The molecule has 0 aliphatic heterocycles. The third kappa shape index (κ3) is 3.69. The van der Waals surface area contributed by atoms with E-state index >= 15 is 0 Å². The summed E-state index contributed by atoms with van der Waals surface area (Å²) in [5, 5.41) is 2.96. The van der Waals surface area contributed by atoms with Gasteiger partial charge in [0, 0.05) is 18.7 Å². The van der Waals surface area contributed by atoms with E-state index in [0.717, 1.165) is 22.4 Å². The lowest BCUT2D eigenvalue weighted by Gasteiger charge is -2.11. The van der Waals surface area contributed by atoms with Crippen molar-refractivity contribution in [1.82, 2.24) is 29.2 Å². The number of nitrogens with two attached hydrogens (primary N) is 1. The Labute approximate surface area is 188 Å². The summed E-state index contributed by atoms with van der Waals surface area (Å²) in [6.45, 7) is 2.90. The molecule has 0 radical (unpaired) electrons. The Morgan fingerprint density at radius 2 is 1.79 bits per heavy atom. The van der Waals surface area contributed by atoms with Crippen LogP contribution in [-0.4, -0.2) is 42.3 Å². The lowest BCUT2D eigenvalue weighted by Crippen LogP contribution is -2.29. The fourth-order valence-corrected chi connectivity index (χ4v) is 3.93. The van der Waals surface area contributed by atoms with Crippen LogP contribution in [0.1, 0.15) is 26.8 Å². The van der Waals surface area contributed by atoms with Crippen molar-refractivity contribution in [3.63, 3.8) is 0 Å². The minimum Gasteiger partial charge on any atom is -0.364 e. The molecule has 0 saturated heterocycles. The number of benzene rings is 2. The average molecular weight is 439 g/mol. The second-order valence-corrected chi connectivity index (χ2v) is 7.60. The van der Waals surface area contributed by atoms with Crippen LogP contribution >= 0.6 is 0 Å². The standard InChI is InChI=1S/C24H21N7O2/c1-15-28-17-9-5-6-10-19(17)30(15)12-11-26-24(33)20-13-18(16-7-3-2-4-8-16)29-23-21(22(25)32)27-14-31(20)23/h2-10,13-14H,11-12H2,1H3,(H2,25,32)(H,26,33). The topological polar surface area (TPSA) is 120 Å². The molecule has 5 aromatic rings. The van der Waals surface area contributed by atoms with Gasteiger partial charge in [-0.3, -0.25) is 14.0 Å². The summed E-state index contributed by atoms with van der Waals surface area (Å²) in [6.07, 6.45) is 1.39. The van der Waals surface area contributed by atoms with Gasteiger partial charge in [0.2, 0.25) is 0 Å². The molecule has 0 aliphatic carbocycles. The van der Waals surface area contributed by atoms with E-state index in [1.165, 1.54) is 10.7 Å². The molecule has 0 bridgehead atoms. The van der Waals surface area contributed by atoms with E-state index in [2.05, 4.69) is 24.8 Å². The average Bonchev–Trinajstić information content (AvgIpc) is 3.40. The minimum absolute atomic E-state index is 0.0161. The molecule has 3 N–H and O–H groups in total. The number of carbonyl (C=O) groups excluding carboxylic acids is 2. The van der Waals surface area contributed by atoms with Gasteiger partial charge in [-0.1, -0.05) is 42.5 Å². The first-order valence-corrected chi connectivity index (χ1v) is 10.5. The number of fused-ring (bicyclic) bond motifs is 2. The number of nitrogens with zero attached hydrogens (tertiary/aromatic N) is 5. The maximum absolute atomic E-state index is 13.2. The van der Waals surface area contributed by atoms with Crippen molar-refractivity contribution in [3.05, 3.63) is 84.2 Å². The molecule has 2 amide bonds. The summed E-state index contributed by atoms with van der Waals surface area (Å²) in [4.78, 5) is 38.2. The Morgan fingerprint density at radius 3 is 2.58 bits per heavy atom. The van der Waals surface area contributed by atoms with Crippen molar-refractivity contribution < 1.29 is 9.59 Å². The number of nitrogens with one attached hydrogen (secondary N) is 1. The number of aromatic nitrogens is 5. The number of imidazole rings is 2. The SMILES string of the molecule is Cc1nc2ccccc2n1CCNC(=O)c1cc(-c2ccccc2)nc2c(C(N)=O)ncn12. The molecule has 9 heteroatoms. The van der Waals surface area contributed by atoms with E-state index < -0.39 is 5.91 Å². The molecule has 3 heterocycles. The Hall–Kier alpha value is -4.53. The molecule has 0 unspecified atom stereocenters. The smallest absolute Gasteiger partial charge is 0.271 e. The Morgan fingerprint density at radius 1 is 1.03 bits per heavy atom. The highest BCUT2D eigenvalue weighted by molar-refractivity contribution is 5.99. The van der Waals surface area contributed by atoms with Crippen molar-refractivity contribution in [3.8, 4) is 11.3 Å². The van der Waals surface area contributed by atoms with Crippen LogP contribution in [0.4, 0.5) is 0 Å². The molecule has 0 saturated carbocycles. The van der Waals surface area contributed by atoms with Gasteiger partial charge < -0.3 is 15.6 Å². The van der Waals surface area contributed by atoms with Crippen molar-refractivity contribution in [2.75, 3.05) is 6.54 Å². The number of carbonyl (C=O) groups is 2. The lowest BCUT2D eigenvalue weighted by molar-refractivity contribution is 0.0944. The van der Waals surface area contributed by atoms with Crippen molar-refractivity contribution in [2.45, 2.75) is 13.5 Å². The van der Waals surface area contributed by atoms with Crippen molar-refractivity contribution >= 4 is 28.5 Å². The first-order chi connectivity index (χ1) is 16.0. The first-order valence-electron chi connectivity index (χ1n) is 10.5. The number of primary amides is 1. The van der Waals surface area contributed by atoms with Crippen LogP contribution in [0.3, 0.4) is 0 Å². The van der Waals surface area contributed by atoms with Gasteiger partial charge in [-0.25, -0.2) is 15.0 Å². The van der Waals surface area contributed by atoms with Crippen LogP contribution in [0.2, 0.25) is 0 Å². The third-order valence-corrected chi connectivity index (χ3v) is 5.50. The van der Waals surface area contributed by atoms with E-state index in [-0.39, 0.29) is 17.2 Å². The maximum Gasteiger partial charge on any atom is 0.271 e. The largest absolute Gasteiger partial charge is 0.364 e. The zero-order valence-corrected chi connectivity index (χ0v) is 17.9. The summed E-state index contributed by atoms with van der Waals surface area (Å²) in [7, 11) is 0. The van der Waals surface area contributed by atoms with Gasteiger partial charge in [0.15, 0.2) is 11.3 Å². The highest BCUT2D eigenvalue weighted by Crippen LogP contribution is 2.21.